The molecule has 1 aromatic carbocycles. The molecule has 98 valence electrons. The molecule has 4 heteroatoms. The molecule has 1 atom stereocenters. The topological polar surface area (TPSA) is 20.3 Å². The number of hydrogen-bond acceptors (Lipinski definition) is 2. The highest BCUT2D eigenvalue weighted by Crippen LogP contribution is 2.24. The lowest BCUT2D eigenvalue weighted by atomic mass is 9.94. The highest BCUT2D eigenvalue weighted by molar-refractivity contribution is 9.10. The van der Waals surface area contributed by atoms with Crippen LogP contribution in [0.4, 0.5) is 4.39 Å². The summed E-state index contributed by atoms with van der Waals surface area (Å²) in [5.74, 6) is 0.283. The number of benzene rings is 1. The monoisotopic (exact) mass is 313 g/mol. The third kappa shape index (κ3) is 2.98. The van der Waals surface area contributed by atoms with Gasteiger partial charge in [-0.05, 0) is 34.0 Å². The Kier molecular flexibility index (Phi) is 4.51. The minimum Gasteiger partial charge on any atom is -0.299 e. The molecule has 0 amide bonds. The Hall–Kier alpha value is -0.740. The number of rotatable bonds is 3. The second kappa shape index (κ2) is 5.93. The van der Waals surface area contributed by atoms with Crippen molar-refractivity contribution in [3.05, 3.63) is 34.1 Å². The third-order valence-electron chi connectivity index (χ3n) is 3.53. The zero-order valence-corrected chi connectivity index (χ0v) is 12.0. The highest BCUT2D eigenvalue weighted by Gasteiger charge is 2.25. The molecule has 1 saturated heterocycles. The van der Waals surface area contributed by atoms with Gasteiger partial charge in [-0.25, -0.2) is 4.39 Å². The van der Waals surface area contributed by atoms with Gasteiger partial charge in [0.2, 0.25) is 0 Å². The van der Waals surface area contributed by atoms with Crippen LogP contribution in [0.3, 0.4) is 0 Å². The summed E-state index contributed by atoms with van der Waals surface area (Å²) in [6.45, 7) is 4.31. The highest BCUT2D eigenvalue weighted by atomic mass is 79.9. The Bertz CT molecular complexity index is 449. The second-order valence-corrected chi connectivity index (χ2v) is 5.56. The standard InChI is InChI=1S/C14H17BrFNO/c1-2-10-8-17(7-6-13(10)18)9-11-4-3-5-12(16)14(11)15/h3-5,10H,2,6-9H2,1H3. The molecular weight excluding hydrogens is 297 g/mol. The number of nitrogens with zero attached hydrogens (tertiary/aromatic N) is 1. The Labute approximate surface area is 115 Å². The van der Waals surface area contributed by atoms with Gasteiger partial charge in [0.05, 0.1) is 4.47 Å². The second-order valence-electron chi connectivity index (χ2n) is 4.77. The van der Waals surface area contributed by atoms with E-state index in [-0.39, 0.29) is 11.7 Å². The number of piperidine rings is 1. The molecule has 0 N–H and O–H groups in total. The molecule has 1 heterocycles. The first-order valence-electron chi connectivity index (χ1n) is 6.29. The van der Waals surface area contributed by atoms with Crippen molar-refractivity contribution < 1.29 is 9.18 Å². The van der Waals surface area contributed by atoms with E-state index in [4.69, 9.17) is 0 Å². The summed E-state index contributed by atoms with van der Waals surface area (Å²) < 4.78 is 14.0. The molecule has 0 aliphatic carbocycles. The average Bonchev–Trinajstić information content (AvgIpc) is 2.37. The zero-order chi connectivity index (χ0) is 13.1. The van der Waals surface area contributed by atoms with Gasteiger partial charge in [0.1, 0.15) is 11.6 Å². The fourth-order valence-electron chi connectivity index (χ4n) is 2.39. The third-order valence-corrected chi connectivity index (χ3v) is 4.41. The van der Waals surface area contributed by atoms with E-state index < -0.39 is 0 Å². The smallest absolute Gasteiger partial charge is 0.138 e. The number of ketones is 1. The summed E-state index contributed by atoms with van der Waals surface area (Å²) in [6.07, 6.45) is 1.51. The molecule has 18 heavy (non-hydrogen) atoms. The molecule has 2 rings (SSSR count). The van der Waals surface area contributed by atoms with Crippen molar-refractivity contribution >= 4 is 21.7 Å². The lowest BCUT2D eigenvalue weighted by molar-refractivity contribution is -0.126. The molecule has 1 aromatic rings. The first-order valence-corrected chi connectivity index (χ1v) is 7.09. The first-order chi connectivity index (χ1) is 8.61. The van der Waals surface area contributed by atoms with E-state index in [9.17, 15) is 9.18 Å². The quantitative estimate of drug-likeness (QED) is 0.852. The molecule has 0 radical (unpaired) electrons. The van der Waals surface area contributed by atoms with Crippen molar-refractivity contribution in [1.82, 2.24) is 4.90 Å². The SMILES string of the molecule is CCC1CN(Cc2cccc(F)c2Br)CCC1=O. The molecule has 0 bridgehead atoms. The van der Waals surface area contributed by atoms with Crippen molar-refractivity contribution in [2.45, 2.75) is 26.3 Å². The van der Waals surface area contributed by atoms with Crippen LogP contribution in [0.2, 0.25) is 0 Å². The van der Waals surface area contributed by atoms with Crippen molar-refractivity contribution in [3.63, 3.8) is 0 Å². The molecule has 1 fully saturated rings. The van der Waals surface area contributed by atoms with Gasteiger partial charge in [0.25, 0.3) is 0 Å². The van der Waals surface area contributed by atoms with E-state index in [1.807, 2.05) is 13.0 Å². The number of likely N-dealkylation sites (tertiary alicyclic amines) is 1. The van der Waals surface area contributed by atoms with Crippen LogP contribution in [-0.2, 0) is 11.3 Å². The summed E-state index contributed by atoms with van der Waals surface area (Å²) in [4.78, 5) is 13.9. The van der Waals surface area contributed by atoms with E-state index in [0.29, 0.717) is 23.2 Å². The van der Waals surface area contributed by atoms with Crippen molar-refractivity contribution in [2.24, 2.45) is 5.92 Å². The van der Waals surface area contributed by atoms with Crippen LogP contribution >= 0.6 is 15.9 Å². The molecule has 0 saturated carbocycles. The van der Waals surface area contributed by atoms with Gasteiger partial charge in [0.15, 0.2) is 0 Å². The van der Waals surface area contributed by atoms with E-state index in [1.54, 1.807) is 6.07 Å². The molecule has 1 unspecified atom stereocenters. The van der Waals surface area contributed by atoms with E-state index in [2.05, 4.69) is 20.8 Å². The van der Waals surface area contributed by atoms with Crippen LogP contribution < -0.4 is 0 Å². The Morgan fingerprint density at radius 3 is 3.00 bits per heavy atom. The Morgan fingerprint density at radius 2 is 2.28 bits per heavy atom. The number of carbonyl (C=O) groups excluding carboxylic acids is 1. The molecular formula is C14H17BrFNO. The molecule has 0 aromatic heterocycles. The largest absolute Gasteiger partial charge is 0.299 e. The number of carbonyl (C=O) groups is 1. The lowest BCUT2D eigenvalue weighted by Gasteiger charge is -2.31. The summed E-state index contributed by atoms with van der Waals surface area (Å²) in [5.41, 5.74) is 0.944. The van der Waals surface area contributed by atoms with Crippen molar-refractivity contribution in [1.29, 1.82) is 0 Å². The zero-order valence-electron chi connectivity index (χ0n) is 10.5. The van der Waals surface area contributed by atoms with Crippen LogP contribution in [0.1, 0.15) is 25.3 Å². The minimum absolute atomic E-state index is 0.145. The van der Waals surface area contributed by atoms with Gasteiger partial charge in [-0.2, -0.15) is 0 Å². The summed E-state index contributed by atoms with van der Waals surface area (Å²) in [6, 6.07) is 5.09. The predicted octanol–water partition coefficient (Wildman–Crippen LogP) is 3.39. The predicted molar refractivity (Wildman–Crippen MR) is 72.8 cm³/mol. The molecule has 0 spiro atoms. The van der Waals surface area contributed by atoms with Gasteiger partial charge in [-0.15, -0.1) is 0 Å². The maximum Gasteiger partial charge on any atom is 0.138 e. The van der Waals surface area contributed by atoms with E-state index in [1.165, 1.54) is 6.07 Å². The number of Topliss-reactive ketones (excluding diaryl/α,β-unsaturated/α-hetero) is 1. The van der Waals surface area contributed by atoms with Crippen LogP contribution in [-0.4, -0.2) is 23.8 Å². The maximum absolute atomic E-state index is 13.4. The van der Waals surface area contributed by atoms with Crippen molar-refractivity contribution in [3.8, 4) is 0 Å². The van der Waals surface area contributed by atoms with Crippen LogP contribution in [0, 0.1) is 11.7 Å². The fraction of sp³-hybridized carbons (Fsp3) is 0.500. The average molecular weight is 314 g/mol. The van der Waals surface area contributed by atoms with E-state index in [0.717, 1.165) is 25.1 Å². The fourth-order valence-corrected chi connectivity index (χ4v) is 2.78. The lowest BCUT2D eigenvalue weighted by Crippen LogP contribution is -2.40. The van der Waals surface area contributed by atoms with Gasteiger partial charge in [-0.3, -0.25) is 9.69 Å². The summed E-state index contributed by atoms with van der Waals surface area (Å²) in [5, 5.41) is 0. The van der Waals surface area contributed by atoms with Gasteiger partial charge in [-0.1, -0.05) is 19.1 Å². The van der Waals surface area contributed by atoms with Gasteiger partial charge in [0, 0.05) is 32.0 Å². The summed E-state index contributed by atoms with van der Waals surface area (Å²) in [7, 11) is 0. The normalized spacial score (nSPS) is 21.3. The van der Waals surface area contributed by atoms with Gasteiger partial charge < -0.3 is 0 Å². The van der Waals surface area contributed by atoms with Gasteiger partial charge >= 0.3 is 0 Å². The van der Waals surface area contributed by atoms with Crippen molar-refractivity contribution in [2.75, 3.05) is 13.1 Å². The van der Waals surface area contributed by atoms with Crippen LogP contribution in [0.15, 0.2) is 22.7 Å². The maximum atomic E-state index is 13.4. The number of hydrogen-bond donors (Lipinski definition) is 0. The van der Waals surface area contributed by atoms with E-state index >= 15 is 0 Å². The Morgan fingerprint density at radius 1 is 1.50 bits per heavy atom. The molecule has 2 nitrogen and oxygen atoms in total. The summed E-state index contributed by atoms with van der Waals surface area (Å²) >= 11 is 3.28. The van der Waals surface area contributed by atoms with Crippen LogP contribution in [0.25, 0.3) is 0 Å². The molecule has 1 aliphatic rings. The first kappa shape index (κ1) is 13.7. The van der Waals surface area contributed by atoms with Crippen LogP contribution in [0.5, 0.6) is 0 Å². The minimum atomic E-state index is -0.229. The molecule has 1 aliphatic heterocycles. The number of halogens is 2. The Balaban J connectivity index is 2.06.